The lowest BCUT2D eigenvalue weighted by atomic mass is 10.1. The Bertz CT molecular complexity index is 1120. The van der Waals surface area contributed by atoms with Gasteiger partial charge in [0.15, 0.2) is 0 Å². The summed E-state index contributed by atoms with van der Waals surface area (Å²) in [5.74, 6) is -0.00654. The zero-order valence-corrected chi connectivity index (χ0v) is 14.8. The highest BCUT2D eigenvalue weighted by Gasteiger charge is 2.16. The number of non-ortho nitro benzene ring substituents is 1. The molecule has 0 fully saturated rings. The summed E-state index contributed by atoms with van der Waals surface area (Å²) in [7, 11) is 0. The number of hydrogen-bond donors (Lipinski definition) is 0. The number of rotatable bonds is 5. The summed E-state index contributed by atoms with van der Waals surface area (Å²) in [6, 6.07) is 11.3. The molecule has 0 radical (unpaired) electrons. The Morgan fingerprint density at radius 3 is 2.50 bits per heavy atom. The van der Waals surface area contributed by atoms with E-state index < -0.39 is 9.85 Å². The van der Waals surface area contributed by atoms with Crippen molar-refractivity contribution in [3.63, 3.8) is 0 Å². The molecule has 0 aliphatic heterocycles. The second-order valence-corrected chi connectivity index (χ2v) is 6.00. The molecule has 0 unspecified atom stereocenters. The van der Waals surface area contributed by atoms with Crippen molar-refractivity contribution in [2.75, 3.05) is 0 Å². The highest BCUT2D eigenvalue weighted by atomic mass is 35.5. The zero-order chi connectivity index (χ0) is 20.3. The molecule has 0 saturated heterocycles. The van der Waals surface area contributed by atoms with Crippen molar-refractivity contribution in [2.24, 2.45) is 0 Å². The Labute approximate surface area is 163 Å². The van der Waals surface area contributed by atoms with E-state index in [0.29, 0.717) is 15.9 Å². The number of nitro benzene ring substituents is 2. The Hall–Kier alpha value is -3.85. The minimum atomic E-state index is -0.597. The van der Waals surface area contributed by atoms with E-state index in [1.54, 1.807) is 12.1 Å². The van der Waals surface area contributed by atoms with E-state index in [1.807, 2.05) is 0 Å². The van der Waals surface area contributed by atoms with E-state index in [4.69, 9.17) is 11.6 Å². The van der Waals surface area contributed by atoms with Crippen LogP contribution in [0.4, 0.5) is 11.4 Å². The Kier molecular flexibility index (Phi) is 5.28. The summed E-state index contributed by atoms with van der Waals surface area (Å²) in [6.07, 6.45) is 4.37. The Morgan fingerprint density at radius 2 is 1.79 bits per heavy atom. The first-order chi connectivity index (χ1) is 13.4. The largest absolute Gasteiger partial charge is 0.710 e. The molecule has 0 spiro atoms. The van der Waals surface area contributed by atoms with Gasteiger partial charge in [-0.15, -0.1) is 0 Å². The topological polar surface area (TPSA) is 126 Å². The molecule has 0 aliphatic rings. The lowest BCUT2D eigenvalue weighted by Crippen LogP contribution is -2.33. The van der Waals surface area contributed by atoms with Gasteiger partial charge in [-0.1, -0.05) is 29.8 Å². The summed E-state index contributed by atoms with van der Waals surface area (Å²) >= 11 is 5.78. The standard InChI is InChI=1S/C18H11ClN4O5/c19-16-7-5-12(10-17(16)23(27)28)4-6-14-8-9-20-18(21(14)24)13-2-1-3-15(11-13)22(25)26/h1-11H/b6-4+. The summed E-state index contributed by atoms with van der Waals surface area (Å²) in [5.41, 5.74) is 0.569. The van der Waals surface area contributed by atoms with E-state index in [9.17, 15) is 25.4 Å². The smallest absolute Gasteiger partial charge is 0.333 e. The van der Waals surface area contributed by atoms with Gasteiger partial charge in [-0.05, 0) is 28.8 Å². The van der Waals surface area contributed by atoms with Crippen molar-refractivity contribution in [1.29, 1.82) is 0 Å². The minimum Gasteiger partial charge on any atom is -0.710 e. The molecule has 2 aromatic carbocycles. The fourth-order valence-electron chi connectivity index (χ4n) is 2.46. The number of aromatic nitrogens is 2. The molecular weight excluding hydrogens is 388 g/mol. The van der Waals surface area contributed by atoms with Crippen LogP contribution in [0.25, 0.3) is 23.5 Å². The second kappa shape index (κ2) is 7.80. The van der Waals surface area contributed by atoms with Crippen molar-refractivity contribution in [2.45, 2.75) is 0 Å². The third-order valence-electron chi connectivity index (χ3n) is 3.80. The molecule has 1 heterocycles. The van der Waals surface area contributed by atoms with Gasteiger partial charge in [0, 0.05) is 24.3 Å². The highest BCUT2D eigenvalue weighted by Crippen LogP contribution is 2.26. The number of halogens is 1. The SMILES string of the molecule is O=[N+]([O-])c1cccc(-c2nccc(/C=C/c3ccc(Cl)c([N+](=O)[O-])c3)[n+]2[O-])c1. The molecule has 10 heteroatoms. The van der Waals surface area contributed by atoms with Crippen molar-refractivity contribution in [3.8, 4) is 11.4 Å². The van der Waals surface area contributed by atoms with Gasteiger partial charge < -0.3 is 5.21 Å². The lowest BCUT2D eigenvalue weighted by molar-refractivity contribution is -0.598. The van der Waals surface area contributed by atoms with Crippen LogP contribution in [0.1, 0.15) is 11.3 Å². The van der Waals surface area contributed by atoms with Gasteiger partial charge >= 0.3 is 5.82 Å². The van der Waals surface area contributed by atoms with Crippen LogP contribution >= 0.6 is 11.6 Å². The van der Waals surface area contributed by atoms with Crippen LogP contribution in [-0.4, -0.2) is 14.8 Å². The van der Waals surface area contributed by atoms with Gasteiger partial charge in [0.1, 0.15) is 16.9 Å². The van der Waals surface area contributed by atoms with E-state index in [1.165, 1.54) is 54.7 Å². The fraction of sp³-hybridized carbons (Fsp3) is 0. The number of nitrogens with zero attached hydrogens (tertiary/aromatic N) is 4. The average molecular weight is 399 g/mol. The van der Waals surface area contributed by atoms with Crippen LogP contribution in [0, 0.1) is 25.4 Å². The van der Waals surface area contributed by atoms with Gasteiger partial charge in [-0.2, -0.15) is 0 Å². The number of hydrogen-bond acceptors (Lipinski definition) is 6. The van der Waals surface area contributed by atoms with Gasteiger partial charge in [-0.25, -0.2) is 4.73 Å². The summed E-state index contributed by atoms with van der Waals surface area (Å²) in [4.78, 5) is 24.7. The molecule has 3 rings (SSSR count). The third-order valence-corrected chi connectivity index (χ3v) is 4.12. The predicted molar refractivity (Wildman–Crippen MR) is 102 cm³/mol. The van der Waals surface area contributed by atoms with Gasteiger partial charge in [0.05, 0.1) is 15.4 Å². The molecule has 3 aromatic rings. The summed E-state index contributed by atoms with van der Waals surface area (Å²) in [6.45, 7) is 0. The fourth-order valence-corrected chi connectivity index (χ4v) is 2.64. The normalized spacial score (nSPS) is 10.9. The first-order valence-electron chi connectivity index (χ1n) is 7.82. The Balaban J connectivity index is 1.97. The molecule has 0 bridgehead atoms. The van der Waals surface area contributed by atoms with Gasteiger partial charge in [0.25, 0.3) is 11.4 Å². The van der Waals surface area contributed by atoms with Crippen LogP contribution in [0.3, 0.4) is 0 Å². The van der Waals surface area contributed by atoms with E-state index in [2.05, 4.69) is 4.98 Å². The van der Waals surface area contributed by atoms with Crippen molar-refractivity contribution < 1.29 is 14.6 Å². The molecule has 0 atom stereocenters. The molecule has 0 saturated carbocycles. The maximum atomic E-state index is 12.6. The first kappa shape index (κ1) is 18.9. The maximum Gasteiger partial charge on any atom is 0.333 e. The quantitative estimate of drug-likeness (QED) is 0.276. The molecule has 0 aliphatic carbocycles. The summed E-state index contributed by atoms with van der Waals surface area (Å²) in [5, 5.41) is 34.5. The van der Waals surface area contributed by atoms with Crippen LogP contribution in [0.5, 0.6) is 0 Å². The van der Waals surface area contributed by atoms with Gasteiger partial charge in [-0.3, -0.25) is 20.2 Å². The number of benzene rings is 2. The van der Waals surface area contributed by atoms with Crippen LogP contribution in [-0.2, 0) is 0 Å². The van der Waals surface area contributed by atoms with Gasteiger partial charge in [0.2, 0.25) is 0 Å². The maximum absolute atomic E-state index is 12.6. The number of nitro groups is 2. The third kappa shape index (κ3) is 3.94. The monoisotopic (exact) mass is 398 g/mol. The molecular formula is C18H11ClN4O5. The summed E-state index contributed by atoms with van der Waals surface area (Å²) < 4.78 is 0.528. The van der Waals surface area contributed by atoms with Crippen LogP contribution in [0.2, 0.25) is 5.02 Å². The predicted octanol–water partition coefficient (Wildman–Crippen LogP) is 4.02. The molecule has 28 heavy (non-hydrogen) atoms. The molecule has 140 valence electrons. The zero-order valence-electron chi connectivity index (χ0n) is 14.1. The molecule has 0 amide bonds. The van der Waals surface area contributed by atoms with E-state index in [-0.39, 0.29) is 27.9 Å². The lowest BCUT2D eigenvalue weighted by Gasteiger charge is -2.09. The average Bonchev–Trinajstić information content (AvgIpc) is 2.68. The van der Waals surface area contributed by atoms with E-state index >= 15 is 0 Å². The highest BCUT2D eigenvalue weighted by molar-refractivity contribution is 6.32. The molecule has 0 N–H and O–H groups in total. The first-order valence-corrected chi connectivity index (χ1v) is 8.20. The van der Waals surface area contributed by atoms with Crippen LogP contribution in [0.15, 0.2) is 54.7 Å². The minimum absolute atomic E-state index is 0.00654. The van der Waals surface area contributed by atoms with Crippen molar-refractivity contribution >= 4 is 35.1 Å². The molecule has 1 aromatic heterocycles. The molecule has 9 nitrogen and oxygen atoms in total. The Morgan fingerprint density at radius 1 is 1.00 bits per heavy atom. The van der Waals surface area contributed by atoms with Crippen LogP contribution < -0.4 is 4.73 Å². The van der Waals surface area contributed by atoms with Crippen molar-refractivity contribution in [3.05, 3.63) is 96.4 Å². The van der Waals surface area contributed by atoms with E-state index in [0.717, 1.165) is 0 Å². The second-order valence-electron chi connectivity index (χ2n) is 5.60. The van der Waals surface area contributed by atoms with Crippen molar-refractivity contribution in [1.82, 2.24) is 4.98 Å².